The second-order valence-corrected chi connectivity index (χ2v) is 7.24. The highest BCUT2D eigenvalue weighted by molar-refractivity contribution is 7.22. The summed E-state index contributed by atoms with van der Waals surface area (Å²) in [7, 11) is 0. The maximum absolute atomic E-state index is 8.49. The minimum absolute atomic E-state index is 0.496. The average molecular weight is 404 g/mol. The zero-order valence-electron chi connectivity index (χ0n) is 13.7. The topological polar surface area (TPSA) is 73.4 Å². The molecule has 0 fully saturated rings. The van der Waals surface area contributed by atoms with Crippen LogP contribution in [0.5, 0.6) is 0 Å². The molecule has 0 saturated carbocycles. The fourth-order valence-corrected chi connectivity index (χ4v) is 3.61. The van der Waals surface area contributed by atoms with Gasteiger partial charge in [0.15, 0.2) is 0 Å². The molecular weight excluding hydrogens is 389 g/mol. The Morgan fingerprint density at radius 3 is 2.65 bits per heavy atom. The number of aromatic nitrogens is 1. The number of halogens is 2. The van der Waals surface area contributed by atoms with Gasteiger partial charge in [0.2, 0.25) is 5.13 Å². The van der Waals surface area contributed by atoms with Gasteiger partial charge in [-0.1, -0.05) is 46.7 Å². The van der Waals surface area contributed by atoms with Crippen molar-refractivity contribution in [1.29, 1.82) is 5.26 Å². The lowest BCUT2D eigenvalue weighted by Gasteiger charge is -2.02. The summed E-state index contributed by atoms with van der Waals surface area (Å²) in [5.74, 6) is 0. The molecule has 5 nitrogen and oxygen atoms in total. The number of nitriles is 1. The first-order chi connectivity index (χ1) is 12.7. The van der Waals surface area contributed by atoms with Crippen LogP contribution in [-0.2, 0) is 6.42 Å². The molecule has 0 radical (unpaired) electrons. The van der Waals surface area contributed by atoms with Gasteiger partial charge in [0.25, 0.3) is 0 Å². The smallest absolute Gasteiger partial charge is 0.231 e. The molecule has 1 heterocycles. The molecular formula is C18H15Cl2N5S. The van der Waals surface area contributed by atoms with E-state index in [2.05, 4.69) is 26.6 Å². The van der Waals surface area contributed by atoms with Gasteiger partial charge in [0.05, 0.1) is 32.0 Å². The number of rotatable bonds is 7. The second-order valence-electron chi connectivity index (χ2n) is 5.48. The lowest BCUT2D eigenvalue weighted by molar-refractivity contribution is 0.692. The molecule has 0 atom stereocenters. The van der Waals surface area contributed by atoms with Crippen molar-refractivity contribution in [1.82, 2.24) is 10.3 Å². The quantitative estimate of drug-likeness (QED) is 0.384. The van der Waals surface area contributed by atoms with Crippen LogP contribution in [0, 0.1) is 11.3 Å². The summed E-state index contributed by atoms with van der Waals surface area (Å²) in [4.78, 5) is 4.40. The summed E-state index contributed by atoms with van der Waals surface area (Å²) in [6.45, 7) is 1.57. The van der Waals surface area contributed by atoms with E-state index in [0.29, 0.717) is 21.6 Å². The Bertz CT molecular complexity index is 960. The third-order valence-electron chi connectivity index (χ3n) is 3.63. The Hall–Kier alpha value is -2.04. The standard InChI is InChI=1S/C18H15Cl2N5S/c19-14-6-7-15-17(16(14)20)26-18(23-15)25-24-13-4-2-12(3-5-13)8-11-22-10-1-9-21/h2-7,22H,1,8,10-11H2. The average Bonchev–Trinajstić information content (AvgIpc) is 3.08. The van der Waals surface area contributed by atoms with Crippen LogP contribution in [0.4, 0.5) is 10.8 Å². The molecule has 1 N–H and O–H groups in total. The van der Waals surface area contributed by atoms with Gasteiger partial charge in [-0.05, 0) is 42.8 Å². The minimum atomic E-state index is 0.496. The van der Waals surface area contributed by atoms with Gasteiger partial charge in [-0.15, -0.1) is 10.2 Å². The van der Waals surface area contributed by atoms with Crippen molar-refractivity contribution in [2.75, 3.05) is 13.1 Å². The summed E-state index contributed by atoms with van der Waals surface area (Å²) in [5.41, 5.74) is 2.72. The molecule has 3 rings (SSSR count). The molecule has 0 spiro atoms. The fraction of sp³-hybridized carbons (Fsp3) is 0.222. The lowest BCUT2D eigenvalue weighted by Crippen LogP contribution is -2.17. The van der Waals surface area contributed by atoms with Gasteiger partial charge in [-0.3, -0.25) is 0 Å². The van der Waals surface area contributed by atoms with Crippen LogP contribution in [0.1, 0.15) is 12.0 Å². The van der Waals surface area contributed by atoms with Crippen LogP contribution in [0.15, 0.2) is 46.6 Å². The van der Waals surface area contributed by atoms with E-state index in [1.54, 1.807) is 6.07 Å². The van der Waals surface area contributed by atoms with E-state index in [9.17, 15) is 0 Å². The van der Waals surface area contributed by atoms with E-state index in [0.717, 1.165) is 35.4 Å². The number of hydrogen-bond acceptors (Lipinski definition) is 6. The Morgan fingerprint density at radius 1 is 1.08 bits per heavy atom. The van der Waals surface area contributed by atoms with Crippen molar-refractivity contribution in [3.63, 3.8) is 0 Å². The van der Waals surface area contributed by atoms with E-state index in [1.165, 1.54) is 16.9 Å². The third-order valence-corrected chi connectivity index (χ3v) is 5.52. The number of azo groups is 1. The number of hydrogen-bond donors (Lipinski definition) is 1. The summed E-state index contributed by atoms with van der Waals surface area (Å²) in [6, 6.07) is 13.5. The van der Waals surface area contributed by atoms with Crippen molar-refractivity contribution in [2.45, 2.75) is 12.8 Å². The second kappa shape index (κ2) is 9.06. The molecule has 132 valence electrons. The lowest BCUT2D eigenvalue weighted by atomic mass is 10.1. The van der Waals surface area contributed by atoms with Crippen LogP contribution in [0.25, 0.3) is 10.2 Å². The van der Waals surface area contributed by atoms with Gasteiger partial charge >= 0.3 is 0 Å². The largest absolute Gasteiger partial charge is 0.315 e. The monoisotopic (exact) mass is 403 g/mol. The zero-order valence-corrected chi connectivity index (χ0v) is 16.1. The van der Waals surface area contributed by atoms with Crippen LogP contribution in [0.2, 0.25) is 10.0 Å². The number of thiazole rings is 1. The van der Waals surface area contributed by atoms with E-state index < -0.39 is 0 Å². The first kappa shape index (κ1) is 18.7. The van der Waals surface area contributed by atoms with Gasteiger partial charge in [-0.25, -0.2) is 4.98 Å². The van der Waals surface area contributed by atoms with Gasteiger partial charge in [-0.2, -0.15) is 5.26 Å². The number of benzene rings is 2. The Kier molecular flexibility index (Phi) is 6.53. The third kappa shape index (κ3) is 4.77. The van der Waals surface area contributed by atoms with Crippen molar-refractivity contribution >= 4 is 55.6 Å². The van der Waals surface area contributed by atoms with E-state index in [1.807, 2.05) is 30.3 Å². The molecule has 0 amide bonds. The summed E-state index contributed by atoms with van der Waals surface area (Å²) < 4.78 is 0.812. The molecule has 8 heteroatoms. The molecule has 0 unspecified atom stereocenters. The van der Waals surface area contributed by atoms with Gasteiger partial charge < -0.3 is 5.32 Å². The number of fused-ring (bicyclic) bond motifs is 1. The maximum Gasteiger partial charge on any atom is 0.231 e. The van der Waals surface area contributed by atoms with Crippen molar-refractivity contribution < 1.29 is 0 Å². The Labute approximate surface area is 165 Å². The predicted octanol–water partition coefficient (Wildman–Crippen LogP) is 6.06. The van der Waals surface area contributed by atoms with Crippen LogP contribution in [-0.4, -0.2) is 18.1 Å². The predicted molar refractivity (Wildman–Crippen MR) is 107 cm³/mol. The normalized spacial score (nSPS) is 11.3. The van der Waals surface area contributed by atoms with E-state index >= 15 is 0 Å². The van der Waals surface area contributed by atoms with Crippen molar-refractivity contribution in [2.24, 2.45) is 10.2 Å². The molecule has 0 aliphatic rings. The Morgan fingerprint density at radius 2 is 1.88 bits per heavy atom. The van der Waals surface area contributed by atoms with E-state index in [-0.39, 0.29) is 0 Å². The molecule has 0 bridgehead atoms. The molecule has 0 saturated heterocycles. The highest BCUT2D eigenvalue weighted by atomic mass is 35.5. The molecule has 3 aromatic rings. The first-order valence-corrected chi connectivity index (χ1v) is 9.57. The maximum atomic E-state index is 8.49. The SMILES string of the molecule is N#CCCNCCc1ccc(N=Nc2nc3ccc(Cl)c(Cl)c3s2)cc1. The van der Waals surface area contributed by atoms with Gasteiger partial charge in [0.1, 0.15) is 0 Å². The molecule has 2 aromatic carbocycles. The number of nitrogens with one attached hydrogen (secondary N) is 1. The first-order valence-electron chi connectivity index (χ1n) is 8.00. The highest BCUT2D eigenvalue weighted by Gasteiger charge is 2.09. The highest BCUT2D eigenvalue weighted by Crippen LogP contribution is 2.37. The van der Waals surface area contributed by atoms with Crippen LogP contribution in [0.3, 0.4) is 0 Å². The van der Waals surface area contributed by atoms with Crippen molar-refractivity contribution in [3.8, 4) is 6.07 Å². The molecule has 0 aliphatic heterocycles. The molecule has 26 heavy (non-hydrogen) atoms. The van der Waals surface area contributed by atoms with Crippen molar-refractivity contribution in [3.05, 3.63) is 52.0 Å². The molecule has 1 aromatic heterocycles. The summed E-state index contributed by atoms with van der Waals surface area (Å²) in [6.07, 6.45) is 1.43. The zero-order chi connectivity index (χ0) is 18.4. The van der Waals surface area contributed by atoms with Gasteiger partial charge in [0, 0.05) is 13.0 Å². The summed E-state index contributed by atoms with van der Waals surface area (Å²) in [5, 5.41) is 21.7. The Balaban J connectivity index is 1.62. The number of nitrogens with zero attached hydrogens (tertiary/aromatic N) is 4. The van der Waals surface area contributed by atoms with Crippen LogP contribution >= 0.6 is 34.5 Å². The molecule has 0 aliphatic carbocycles. The fourth-order valence-electron chi connectivity index (χ4n) is 2.30. The minimum Gasteiger partial charge on any atom is -0.315 e. The summed E-state index contributed by atoms with van der Waals surface area (Å²) >= 11 is 13.6. The van der Waals surface area contributed by atoms with E-state index in [4.69, 9.17) is 28.5 Å². The van der Waals surface area contributed by atoms with Crippen LogP contribution < -0.4 is 5.32 Å².